The van der Waals surface area contributed by atoms with E-state index in [-0.39, 0.29) is 0 Å². The highest BCUT2D eigenvalue weighted by atomic mass is 16.5. The topological polar surface area (TPSA) is 56.3 Å². The molecular formula is C15H27N3O2. The molecule has 0 aromatic carbocycles. The SMILES string of the molecule is CCCCOc1cc(NCCCOCC)nc(CC)n1. The van der Waals surface area contributed by atoms with Gasteiger partial charge in [0.15, 0.2) is 0 Å². The van der Waals surface area contributed by atoms with Crippen LogP contribution in [0.2, 0.25) is 0 Å². The van der Waals surface area contributed by atoms with Gasteiger partial charge in [-0.15, -0.1) is 0 Å². The lowest BCUT2D eigenvalue weighted by atomic mass is 10.3. The summed E-state index contributed by atoms with van der Waals surface area (Å²) in [6, 6.07) is 1.87. The van der Waals surface area contributed by atoms with Crippen LogP contribution < -0.4 is 10.1 Å². The molecule has 5 nitrogen and oxygen atoms in total. The highest BCUT2D eigenvalue weighted by Crippen LogP contribution is 2.14. The van der Waals surface area contributed by atoms with Crippen LogP contribution in [0.4, 0.5) is 5.82 Å². The molecule has 0 unspecified atom stereocenters. The number of aromatic nitrogens is 2. The predicted octanol–water partition coefficient (Wildman–Crippen LogP) is 3.06. The number of nitrogens with one attached hydrogen (secondary N) is 1. The van der Waals surface area contributed by atoms with E-state index in [9.17, 15) is 0 Å². The predicted molar refractivity (Wildman–Crippen MR) is 81.4 cm³/mol. The first-order valence-electron chi connectivity index (χ1n) is 7.62. The van der Waals surface area contributed by atoms with Crippen LogP contribution in [0.1, 0.15) is 45.9 Å². The summed E-state index contributed by atoms with van der Waals surface area (Å²) < 4.78 is 11.0. The van der Waals surface area contributed by atoms with Crippen molar-refractivity contribution in [3.8, 4) is 5.88 Å². The van der Waals surface area contributed by atoms with Crippen molar-refractivity contribution in [1.29, 1.82) is 0 Å². The second-order valence-electron chi connectivity index (χ2n) is 4.54. The Hall–Kier alpha value is -1.36. The average Bonchev–Trinajstić information content (AvgIpc) is 2.47. The number of hydrogen-bond donors (Lipinski definition) is 1. The van der Waals surface area contributed by atoms with E-state index in [1.165, 1.54) is 0 Å². The van der Waals surface area contributed by atoms with E-state index < -0.39 is 0 Å². The minimum Gasteiger partial charge on any atom is -0.478 e. The molecule has 0 spiro atoms. The normalized spacial score (nSPS) is 10.6. The molecule has 0 amide bonds. The molecule has 0 aliphatic carbocycles. The molecule has 0 bridgehead atoms. The molecule has 1 N–H and O–H groups in total. The minimum atomic E-state index is 0.664. The molecule has 0 radical (unpaired) electrons. The summed E-state index contributed by atoms with van der Waals surface area (Å²) in [5.41, 5.74) is 0. The molecular weight excluding hydrogens is 254 g/mol. The summed E-state index contributed by atoms with van der Waals surface area (Å²) in [7, 11) is 0. The molecule has 0 aliphatic heterocycles. The Morgan fingerprint density at radius 1 is 1.10 bits per heavy atom. The summed E-state index contributed by atoms with van der Waals surface area (Å²) in [6.45, 7) is 9.29. The van der Waals surface area contributed by atoms with Crippen LogP contribution in [0.3, 0.4) is 0 Å². The smallest absolute Gasteiger partial charge is 0.218 e. The van der Waals surface area contributed by atoms with E-state index in [2.05, 4.69) is 22.2 Å². The second kappa shape index (κ2) is 10.4. The van der Waals surface area contributed by atoms with Gasteiger partial charge in [0, 0.05) is 32.2 Å². The number of ether oxygens (including phenoxy) is 2. The minimum absolute atomic E-state index is 0.664. The Balaban J connectivity index is 2.49. The molecule has 5 heteroatoms. The molecule has 1 aromatic rings. The van der Waals surface area contributed by atoms with Crippen LogP contribution in [0.5, 0.6) is 5.88 Å². The van der Waals surface area contributed by atoms with Crippen LogP contribution in [-0.4, -0.2) is 36.3 Å². The lowest BCUT2D eigenvalue weighted by molar-refractivity contribution is 0.147. The van der Waals surface area contributed by atoms with Gasteiger partial charge >= 0.3 is 0 Å². The maximum atomic E-state index is 5.66. The van der Waals surface area contributed by atoms with Crippen molar-refractivity contribution >= 4 is 5.82 Å². The molecule has 1 rings (SSSR count). The van der Waals surface area contributed by atoms with Gasteiger partial charge in [-0.2, -0.15) is 4.98 Å². The monoisotopic (exact) mass is 281 g/mol. The van der Waals surface area contributed by atoms with Crippen molar-refractivity contribution in [3.05, 3.63) is 11.9 Å². The van der Waals surface area contributed by atoms with Gasteiger partial charge in [0.1, 0.15) is 11.6 Å². The van der Waals surface area contributed by atoms with Crippen LogP contribution in [0.15, 0.2) is 6.07 Å². The van der Waals surface area contributed by atoms with Crippen molar-refractivity contribution in [2.45, 2.75) is 46.5 Å². The molecule has 0 aliphatic rings. The standard InChI is InChI=1S/C15H27N3O2/c1-4-7-11-20-15-12-14(17-13(5-2)18-15)16-9-8-10-19-6-3/h12H,4-11H2,1-3H3,(H,16,17,18). The summed E-state index contributed by atoms with van der Waals surface area (Å²) >= 11 is 0. The zero-order chi connectivity index (χ0) is 14.6. The van der Waals surface area contributed by atoms with Gasteiger partial charge in [-0.05, 0) is 19.8 Å². The number of anilines is 1. The maximum absolute atomic E-state index is 5.66. The van der Waals surface area contributed by atoms with Gasteiger partial charge in [-0.3, -0.25) is 0 Å². The first kappa shape index (κ1) is 16.7. The fourth-order valence-electron chi connectivity index (χ4n) is 1.65. The number of unbranched alkanes of at least 4 members (excludes halogenated alkanes) is 1. The molecule has 20 heavy (non-hydrogen) atoms. The van der Waals surface area contributed by atoms with E-state index in [4.69, 9.17) is 9.47 Å². The third-order valence-corrected chi connectivity index (χ3v) is 2.79. The van der Waals surface area contributed by atoms with E-state index >= 15 is 0 Å². The average molecular weight is 281 g/mol. The van der Waals surface area contributed by atoms with Gasteiger partial charge in [-0.1, -0.05) is 20.3 Å². The molecule has 0 saturated carbocycles. The van der Waals surface area contributed by atoms with E-state index in [1.807, 2.05) is 19.9 Å². The van der Waals surface area contributed by atoms with Crippen LogP contribution in [0, 0.1) is 0 Å². The first-order chi connectivity index (χ1) is 9.80. The summed E-state index contributed by atoms with van der Waals surface area (Å²) in [5.74, 6) is 2.31. The fraction of sp³-hybridized carbons (Fsp3) is 0.733. The van der Waals surface area contributed by atoms with Gasteiger partial charge in [0.05, 0.1) is 6.61 Å². The van der Waals surface area contributed by atoms with Crippen molar-refractivity contribution in [2.24, 2.45) is 0 Å². The highest BCUT2D eigenvalue weighted by Gasteiger charge is 2.04. The first-order valence-corrected chi connectivity index (χ1v) is 7.62. The zero-order valence-electron chi connectivity index (χ0n) is 12.9. The zero-order valence-corrected chi connectivity index (χ0v) is 12.9. The van der Waals surface area contributed by atoms with E-state index in [1.54, 1.807) is 0 Å². The molecule has 0 fully saturated rings. The van der Waals surface area contributed by atoms with Gasteiger partial charge in [0.2, 0.25) is 5.88 Å². The van der Waals surface area contributed by atoms with Gasteiger partial charge < -0.3 is 14.8 Å². The fourth-order valence-corrected chi connectivity index (χ4v) is 1.65. The number of hydrogen-bond acceptors (Lipinski definition) is 5. The van der Waals surface area contributed by atoms with Crippen molar-refractivity contribution in [1.82, 2.24) is 9.97 Å². The number of aryl methyl sites for hydroxylation is 1. The molecule has 114 valence electrons. The summed E-state index contributed by atoms with van der Waals surface area (Å²) in [4.78, 5) is 8.84. The van der Waals surface area contributed by atoms with Crippen molar-refractivity contribution < 1.29 is 9.47 Å². The summed E-state index contributed by atoms with van der Waals surface area (Å²) in [6.07, 6.45) is 3.93. The van der Waals surface area contributed by atoms with E-state index in [0.717, 1.165) is 57.1 Å². The Morgan fingerprint density at radius 3 is 2.65 bits per heavy atom. The van der Waals surface area contributed by atoms with Crippen LogP contribution in [0.25, 0.3) is 0 Å². The maximum Gasteiger partial charge on any atom is 0.218 e. The molecule has 0 atom stereocenters. The Bertz CT molecular complexity index is 372. The largest absolute Gasteiger partial charge is 0.478 e. The van der Waals surface area contributed by atoms with Gasteiger partial charge in [0.25, 0.3) is 0 Å². The van der Waals surface area contributed by atoms with Crippen molar-refractivity contribution in [2.75, 3.05) is 31.7 Å². The Labute approximate surface area is 122 Å². The Kier molecular flexibility index (Phi) is 8.71. The number of nitrogens with zero attached hydrogens (tertiary/aromatic N) is 2. The van der Waals surface area contributed by atoms with Crippen molar-refractivity contribution in [3.63, 3.8) is 0 Å². The van der Waals surface area contributed by atoms with Gasteiger partial charge in [-0.25, -0.2) is 4.98 Å². The third-order valence-electron chi connectivity index (χ3n) is 2.79. The summed E-state index contributed by atoms with van der Waals surface area (Å²) in [5, 5.41) is 3.30. The third kappa shape index (κ3) is 6.70. The highest BCUT2D eigenvalue weighted by molar-refractivity contribution is 5.38. The quantitative estimate of drug-likeness (QED) is 0.632. The Morgan fingerprint density at radius 2 is 1.95 bits per heavy atom. The van der Waals surface area contributed by atoms with Crippen LogP contribution >= 0.6 is 0 Å². The van der Waals surface area contributed by atoms with Crippen LogP contribution in [-0.2, 0) is 11.2 Å². The second-order valence-corrected chi connectivity index (χ2v) is 4.54. The van der Waals surface area contributed by atoms with E-state index in [0.29, 0.717) is 12.5 Å². The molecule has 0 saturated heterocycles. The lowest BCUT2D eigenvalue weighted by Gasteiger charge is -2.10. The number of rotatable bonds is 11. The lowest BCUT2D eigenvalue weighted by Crippen LogP contribution is -2.09. The molecule has 1 aromatic heterocycles. The molecule has 1 heterocycles.